The Morgan fingerprint density at radius 3 is 2.48 bits per heavy atom. The second-order valence-electron chi connectivity index (χ2n) is 4.18. The van der Waals surface area contributed by atoms with Crippen LogP contribution in [0.3, 0.4) is 0 Å². The van der Waals surface area contributed by atoms with Crippen molar-refractivity contribution in [1.82, 2.24) is 15.2 Å². The number of aromatic nitrogens is 3. The third-order valence-electron chi connectivity index (χ3n) is 2.56. The number of aromatic amines is 1. The summed E-state index contributed by atoms with van der Waals surface area (Å²) in [6.45, 7) is 0. The van der Waals surface area contributed by atoms with Gasteiger partial charge >= 0.3 is 6.18 Å². The molecule has 0 atom stereocenters. The lowest BCUT2D eigenvalue weighted by molar-refractivity contribution is -0.144. The minimum Gasteiger partial charge on any atom is -0.293 e. The monoisotopic (exact) mass is 302 g/mol. The SMILES string of the molecule is O=C(CCc1ccc(F)cc1)Nc1n[nH]c(C(F)(F)F)n1. The fraction of sp³-hybridized carbons (Fsp3) is 0.250. The Bertz CT molecular complexity index is 621. The van der Waals surface area contributed by atoms with Crippen molar-refractivity contribution in [2.75, 3.05) is 5.32 Å². The lowest BCUT2D eigenvalue weighted by atomic mass is 10.1. The summed E-state index contributed by atoms with van der Waals surface area (Å²) in [5.41, 5.74) is 0.734. The zero-order chi connectivity index (χ0) is 15.5. The molecule has 21 heavy (non-hydrogen) atoms. The van der Waals surface area contributed by atoms with Crippen LogP contribution >= 0.6 is 0 Å². The molecule has 0 fully saturated rings. The van der Waals surface area contributed by atoms with Crippen molar-refractivity contribution in [3.8, 4) is 0 Å². The van der Waals surface area contributed by atoms with Gasteiger partial charge in [-0.1, -0.05) is 12.1 Å². The van der Waals surface area contributed by atoms with Crippen LogP contribution in [-0.2, 0) is 17.4 Å². The fourth-order valence-corrected chi connectivity index (χ4v) is 1.54. The van der Waals surface area contributed by atoms with E-state index in [1.165, 1.54) is 24.3 Å². The summed E-state index contributed by atoms with van der Waals surface area (Å²) in [5, 5.41) is 7.09. The molecule has 1 heterocycles. The molecule has 0 spiro atoms. The van der Waals surface area contributed by atoms with E-state index in [1.54, 1.807) is 5.10 Å². The standard InChI is InChI=1S/C12H10F4N4O/c13-8-4-1-7(2-5-8)3-6-9(21)17-11-18-10(19-20-11)12(14,15)16/h1-2,4-5H,3,6H2,(H2,17,18,19,20,21). The Labute approximate surface area is 116 Å². The average molecular weight is 302 g/mol. The van der Waals surface area contributed by atoms with Gasteiger partial charge in [-0.15, -0.1) is 5.10 Å². The first-order valence-electron chi connectivity index (χ1n) is 5.88. The molecule has 0 saturated carbocycles. The van der Waals surface area contributed by atoms with Crippen LogP contribution in [0.2, 0.25) is 0 Å². The number of amides is 1. The molecule has 5 nitrogen and oxygen atoms in total. The molecule has 1 aromatic heterocycles. The summed E-state index contributed by atoms with van der Waals surface area (Å²) in [6, 6.07) is 5.57. The zero-order valence-electron chi connectivity index (χ0n) is 10.5. The highest BCUT2D eigenvalue weighted by atomic mass is 19.4. The predicted molar refractivity (Wildman–Crippen MR) is 64.7 cm³/mol. The van der Waals surface area contributed by atoms with Crippen LogP contribution in [-0.4, -0.2) is 21.1 Å². The fourth-order valence-electron chi connectivity index (χ4n) is 1.54. The Morgan fingerprint density at radius 1 is 1.24 bits per heavy atom. The van der Waals surface area contributed by atoms with Gasteiger partial charge in [-0.05, 0) is 24.1 Å². The molecule has 0 aliphatic heterocycles. The summed E-state index contributed by atoms with van der Waals surface area (Å²) < 4.78 is 49.5. The van der Waals surface area contributed by atoms with Crippen molar-refractivity contribution in [1.29, 1.82) is 0 Å². The van der Waals surface area contributed by atoms with Crippen molar-refractivity contribution in [3.63, 3.8) is 0 Å². The molecule has 2 rings (SSSR count). The van der Waals surface area contributed by atoms with Crippen LogP contribution in [0.25, 0.3) is 0 Å². The largest absolute Gasteiger partial charge is 0.451 e. The number of aryl methyl sites for hydroxylation is 1. The first-order valence-corrected chi connectivity index (χ1v) is 5.88. The van der Waals surface area contributed by atoms with Gasteiger partial charge in [-0.25, -0.2) is 4.39 Å². The number of halogens is 4. The number of carbonyl (C=O) groups is 1. The van der Waals surface area contributed by atoms with Crippen LogP contribution in [0.1, 0.15) is 17.8 Å². The van der Waals surface area contributed by atoms with Gasteiger partial charge in [0.05, 0.1) is 0 Å². The highest BCUT2D eigenvalue weighted by Crippen LogP contribution is 2.26. The average Bonchev–Trinajstić information content (AvgIpc) is 2.86. The number of carbonyl (C=O) groups excluding carboxylic acids is 1. The first-order chi connectivity index (χ1) is 9.84. The molecule has 1 amide bonds. The van der Waals surface area contributed by atoms with E-state index in [0.717, 1.165) is 5.56 Å². The maximum absolute atomic E-state index is 12.7. The van der Waals surface area contributed by atoms with Crippen LogP contribution in [0.5, 0.6) is 0 Å². The molecule has 2 N–H and O–H groups in total. The van der Waals surface area contributed by atoms with E-state index in [0.29, 0.717) is 6.42 Å². The number of anilines is 1. The zero-order valence-corrected chi connectivity index (χ0v) is 10.5. The minimum absolute atomic E-state index is 0.0154. The Kier molecular flexibility index (Phi) is 4.20. The predicted octanol–water partition coefficient (Wildman–Crippen LogP) is 2.53. The van der Waals surface area contributed by atoms with Crippen molar-refractivity contribution in [3.05, 3.63) is 41.5 Å². The number of H-pyrrole nitrogens is 1. The quantitative estimate of drug-likeness (QED) is 0.853. The van der Waals surface area contributed by atoms with Gasteiger partial charge in [0.1, 0.15) is 5.82 Å². The lowest BCUT2D eigenvalue weighted by Gasteiger charge is -2.02. The second-order valence-corrected chi connectivity index (χ2v) is 4.18. The number of benzene rings is 1. The highest BCUT2D eigenvalue weighted by molar-refractivity contribution is 5.88. The first kappa shape index (κ1) is 14.9. The minimum atomic E-state index is -4.65. The van der Waals surface area contributed by atoms with E-state index in [2.05, 4.69) is 15.4 Å². The van der Waals surface area contributed by atoms with Gasteiger partial charge in [0.25, 0.3) is 0 Å². The Morgan fingerprint density at radius 2 is 1.90 bits per heavy atom. The summed E-state index contributed by atoms with van der Waals surface area (Å²) >= 11 is 0. The summed E-state index contributed by atoms with van der Waals surface area (Å²) in [5.74, 6) is -2.64. The van der Waals surface area contributed by atoms with Crippen molar-refractivity contribution >= 4 is 11.9 Å². The topological polar surface area (TPSA) is 70.7 Å². The summed E-state index contributed by atoms with van der Waals surface area (Å²) in [4.78, 5) is 14.7. The smallest absolute Gasteiger partial charge is 0.293 e. The molecule has 0 radical (unpaired) electrons. The Hall–Kier alpha value is -2.45. The number of alkyl halides is 3. The van der Waals surface area contributed by atoms with Gasteiger partial charge in [0.15, 0.2) is 0 Å². The van der Waals surface area contributed by atoms with Gasteiger partial charge in [-0.3, -0.25) is 15.2 Å². The van der Waals surface area contributed by atoms with E-state index in [9.17, 15) is 22.4 Å². The molecule has 9 heteroatoms. The van der Waals surface area contributed by atoms with Crippen LogP contribution in [0.4, 0.5) is 23.5 Å². The van der Waals surface area contributed by atoms with Gasteiger partial charge < -0.3 is 0 Å². The normalized spacial score (nSPS) is 11.4. The van der Waals surface area contributed by atoms with Crippen LogP contribution in [0.15, 0.2) is 24.3 Å². The second kappa shape index (κ2) is 5.90. The van der Waals surface area contributed by atoms with Crippen molar-refractivity contribution in [2.24, 2.45) is 0 Å². The van der Waals surface area contributed by atoms with E-state index < -0.39 is 23.9 Å². The molecular formula is C12H10F4N4O. The maximum atomic E-state index is 12.7. The molecule has 0 aliphatic rings. The molecule has 1 aromatic carbocycles. The molecule has 0 aliphatic carbocycles. The van der Waals surface area contributed by atoms with E-state index >= 15 is 0 Å². The maximum Gasteiger partial charge on any atom is 0.451 e. The third kappa shape index (κ3) is 4.26. The highest BCUT2D eigenvalue weighted by Gasteiger charge is 2.35. The van der Waals surface area contributed by atoms with E-state index in [1.807, 2.05) is 0 Å². The number of nitrogens with zero attached hydrogens (tertiary/aromatic N) is 2. The Balaban J connectivity index is 1.87. The molecule has 0 unspecified atom stereocenters. The summed E-state index contributed by atoms with van der Waals surface area (Å²) in [6.07, 6.45) is -4.31. The van der Waals surface area contributed by atoms with E-state index in [-0.39, 0.29) is 12.2 Å². The third-order valence-corrected chi connectivity index (χ3v) is 2.56. The number of rotatable bonds is 4. The molecule has 0 bridgehead atoms. The van der Waals surface area contributed by atoms with Crippen LogP contribution < -0.4 is 5.32 Å². The van der Waals surface area contributed by atoms with Gasteiger partial charge in [0, 0.05) is 6.42 Å². The summed E-state index contributed by atoms with van der Waals surface area (Å²) in [7, 11) is 0. The number of hydrogen-bond donors (Lipinski definition) is 2. The lowest BCUT2D eigenvalue weighted by Crippen LogP contribution is -2.14. The van der Waals surface area contributed by atoms with Crippen molar-refractivity contribution < 1.29 is 22.4 Å². The molecule has 0 saturated heterocycles. The number of nitrogens with one attached hydrogen (secondary N) is 2. The van der Waals surface area contributed by atoms with Gasteiger partial charge in [-0.2, -0.15) is 18.2 Å². The molecule has 112 valence electrons. The molecular weight excluding hydrogens is 292 g/mol. The van der Waals surface area contributed by atoms with Gasteiger partial charge in [0.2, 0.25) is 17.7 Å². The van der Waals surface area contributed by atoms with E-state index in [4.69, 9.17) is 0 Å². The number of hydrogen-bond acceptors (Lipinski definition) is 3. The van der Waals surface area contributed by atoms with Crippen LogP contribution in [0, 0.1) is 5.82 Å². The molecule has 2 aromatic rings. The van der Waals surface area contributed by atoms with Crippen molar-refractivity contribution in [2.45, 2.75) is 19.0 Å².